The minimum Gasteiger partial charge on any atom is -0.497 e. The Balaban J connectivity index is 2.16. The number of non-ortho nitro benzene ring substituents is 1. The molecule has 142 valence electrons. The van der Waals surface area contributed by atoms with Crippen LogP contribution in [-0.4, -0.2) is 37.0 Å². The van der Waals surface area contributed by atoms with Crippen molar-refractivity contribution >= 4 is 17.7 Å². The third-order valence-electron chi connectivity index (χ3n) is 4.28. The Hall–Kier alpha value is -3.35. The van der Waals surface area contributed by atoms with Gasteiger partial charge in [-0.15, -0.1) is 0 Å². The summed E-state index contributed by atoms with van der Waals surface area (Å²) in [6, 6.07) is 11.3. The lowest BCUT2D eigenvalue weighted by Crippen LogP contribution is -2.28. The number of ether oxygens (including phenoxy) is 2. The van der Waals surface area contributed by atoms with Crippen molar-refractivity contribution in [1.29, 1.82) is 0 Å². The molecule has 0 aliphatic rings. The van der Waals surface area contributed by atoms with Crippen molar-refractivity contribution in [2.75, 3.05) is 21.3 Å². The van der Waals surface area contributed by atoms with Gasteiger partial charge >= 0.3 is 0 Å². The number of nitro benzene ring substituents is 1. The highest BCUT2D eigenvalue weighted by molar-refractivity contribution is 5.92. The first-order valence-corrected chi connectivity index (χ1v) is 8.28. The molecule has 0 aliphatic heterocycles. The normalized spacial score (nSPS) is 11.9. The van der Waals surface area contributed by atoms with Crippen molar-refractivity contribution in [3.05, 3.63) is 69.8 Å². The van der Waals surface area contributed by atoms with Gasteiger partial charge in [-0.1, -0.05) is 12.1 Å². The number of amides is 1. The van der Waals surface area contributed by atoms with Gasteiger partial charge in [-0.25, -0.2) is 0 Å². The molecular formula is C20H22N2O5. The summed E-state index contributed by atoms with van der Waals surface area (Å²) in [5.74, 6) is 1.02. The van der Waals surface area contributed by atoms with Gasteiger partial charge in [0.05, 0.1) is 25.2 Å². The molecule has 2 aromatic carbocycles. The quantitative estimate of drug-likeness (QED) is 0.420. The number of likely N-dealkylation sites (N-methyl/N-ethyl adjacent to an activating group) is 1. The van der Waals surface area contributed by atoms with Crippen molar-refractivity contribution in [3.8, 4) is 11.5 Å². The first-order chi connectivity index (χ1) is 12.8. The fourth-order valence-corrected chi connectivity index (χ4v) is 2.52. The second-order valence-electron chi connectivity index (χ2n) is 5.96. The molecule has 2 rings (SSSR count). The Morgan fingerprint density at radius 2 is 1.78 bits per heavy atom. The molecule has 0 aromatic heterocycles. The van der Waals surface area contributed by atoms with E-state index in [1.165, 1.54) is 23.1 Å². The summed E-state index contributed by atoms with van der Waals surface area (Å²) in [7, 11) is 4.77. The molecule has 0 aliphatic carbocycles. The van der Waals surface area contributed by atoms with E-state index in [2.05, 4.69) is 0 Å². The van der Waals surface area contributed by atoms with Crippen molar-refractivity contribution in [2.45, 2.75) is 13.0 Å². The molecule has 0 fully saturated rings. The van der Waals surface area contributed by atoms with Gasteiger partial charge in [0.1, 0.15) is 11.5 Å². The molecule has 0 heterocycles. The summed E-state index contributed by atoms with van der Waals surface area (Å²) >= 11 is 0. The molecular weight excluding hydrogens is 348 g/mol. The van der Waals surface area contributed by atoms with Crippen molar-refractivity contribution in [1.82, 2.24) is 4.90 Å². The summed E-state index contributed by atoms with van der Waals surface area (Å²) in [6.45, 7) is 1.82. The van der Waals surface area contributed by atoms with Gasteiger partial charge in [0.2, 0.25) is 5.91 Å². The van der Waals surface area contributed by atoms with Crippen LogP contribution in [0, 0.1) is 10.1 Å². The van der Waals surface area contributed by atoms with E-state index in [0.717, 1.165) is 5.56 Å². The first-order valence-electron chi connectivity index (χ1n) is 8.28. The number of nitro groups is 1. The van der Waals surface area contributed by atoms with E-state index in [0.29, 0.717) is 17.1 Å². The highest BCUT2D eigenvalue weighted by Crippen LogP contribution is 2.25. The Morgan fingerprint density at radius 3 is 2.33 bits per heavy atom. The number of methoxy groups -OCH3 is 2. The summed E-state index contributed by atoms with van der Waals surface area (Å²) in [4.78, 5) is 24.5. The zero-order chi connectivity index (χ0) is 20.0. The van der Waals surface area contributed by atoms with Crippen LogP contribution in [0.2, 0.25) is 0 Å². The summed E-state index contributed by atoms with van der Waals surface area (Å²) < 4.78 is 10.4. The fourth-order valence-electron chi connectivity index (χ4n) is 2.52. The number of rotatable bonds is 7. The van der Waals surface area contributed by atoms with E-state index in [1.807, 2.05) is 6.92 Å². The molecule has 0 bridgehead atoms. The first kappa shape index (κ1) is 20.0. The van der Waals surface area contributed by atoms with E-state index in [9.17, 15) is 14.9 Å². The van der Waals surface area contributed by atoms with Gasteiger partial charge in [-0.3, -0.25) is 14.9 Å². The molecule has 7 nitrogen and oxygen atoms in total. The van der Waals surface area contributed by atoms with E-state index in [-0.39, 0.29) is 17.6 Å². The molecule has 0 saturated carbocycles. The van der Waals surface area contributed by atoms with E-state index >= 15 is 0 Å². The van der Waals surface area contributed by atoms with Crippen LogP contribution >= 0.6 is 0 Å². The zero-order valence-electron chi connectivity index (χ0n) is 15.7. The lowest BCUT2D eigenvalue weighted by molar-refractivity contribution is -0.384. The number of hydrogen-bond donors (Lipinski definition) is 0. The maximum absolute atomic E-state index is 12.5. The Labute approximate surface area is 158 Å². The van der Waals surface area contributed by atoms with Crippen molar-refractivity contribution in [2.24, 2.45) is 0 Å². The molecule has 7 heteroatoms. The molecule has 27 heavy (non-hydrogen) atoms. The minimum absolute atomic E-state index is 0.000725. The zero-order valence-corrected chi connectivity index (χ0v) is 15.7. The molecule has 1 atom stereocenters. The van der Waals surface area contributed by atoms with Crippen LogP contribution in [0.3, 0.4) is 0 Å². The number of carbonyl (C=O) groups excluding carboxylic acids is 1. The van der Waals surface area contributed by atoms with E-state index in [4.69, 9.17) is 9.47 Å². The maximum Gasteiger partial charge on any atom is 0.269 e. The third-order valence-corrected chi connectivity index (χ3v) is 4.28. The fraction of sp³-hybridized carbons (Fsp3) is 0.250. The number of hydrogen-bond acceptors (Lipinski definition) is 5. The van der Waals surface area contributed by atoms with Gasteiger partial charge in [-0.2, -0.15) is 0 Å². The lowest BCUT2D eigenvalue weighted by atomic mass is 10.1. The molecule has 0 N–H and O–H groups in total. The smallest absolute Gasteiger partial charge is 0.269 e. The van der Waals surface area contributed by atoms with Crippen molar-refractivity contribution in [3.63, 3.8) is 0 Å². The number of nitrogens with zero attached hydrogens (tertiary/aromatic N) is 2. The average Bonchev–Trinajstić information content (AvgIpc) is 2.70. The second-order valence-corrected chi connectivity index (χ2v) is 5.96. The van der Waals surface area contributed by atoms with Crippen LogP contribution in [0.5, 0.6) is 11.5 Å². The third kappa shape index (κ3) is 5.07. The lowest BCUT2D eigenvalue weighted by Gasteiger charge is -2.24. The molecule has 2 aromatic rings. The van der Waals surface area contributed by atoms with Crippen LogP contribution < -0.4 is 9.47 Å². The predicted molar refractivity (Wildman–Crippen MR) is 103 cm³/mol. The van der Waals surface area contributed by atoms with Crippen LogP contribution in [0.4, 0.5) is 5.69 Å². The van der Waals surface area contributed by atoms with Gasteiger partial charge < -0.3 is 14.4 Å². The van der Waals surface area contributed by atoms with Gasteiger partial charge in [0.25, 0.3) is 5.69 Å². The standard InChI is InChI=1S/C20H22N2O5/c1-14(16-6-5-7-17(12-16)22(24)25)21(2)20(23)9-8-15-10-18(26-3)13-19(11-15)27-4/h5-14H,1-4H3/b9-8+/t14-/m0/s1. The molecule has 0 spiro atoms. The monoisotopic (exact) mass is 370 g/mol. The Kier molecular flexibility index (Phi) is 6.54. The second kappa shape index (κ2) is 8.84. The minimum atomic E-state index is -0.450. The topological polar surface area (TPSA) is 81.9 Å². The van der Waals surface area contributed by atoms with Gasteiger partial charge in [0.15, 0.2) is 0 Å². The molecule has 0 unspecified atom stereocenters. The van der Waals surface area contributed by atoms with E-state index in [1.54, 1.807) is 57.7 Å². The SMILES string of the molecule is COc1cc(/C=C/C(=O)N(C)[C@@H](C)c2cccc([N+](=O)[O-])c2)cc(OC)c1. The predicted octanol–water partition coefficient (Wildman–Crippen LogP) is 3.84. The molecule has 1 amide bonds. The summed E-state index contributed by atoms with van der Waals surface area (Å²) in [5.41, 5.74) is 1.45. The summed E-state index contributed by atoms with van der Waals surface area (Å²) in [6.07, 6.45) is 3.12. The molecule has 0 saturated heterocycles. The summed E-state index contributed by atoms with van der Waals surface area (Å²) in [5, 5.41) is 10.9. The highest BCUT2D eigenvalue weighted by Gasteiger charge is 2.17. The van der Waals surface area contributed by atoms with Gasteiger partial charge in [-0.05, 0) is 36.3 Å². The van der Waals surface area contributed by atoms with Gasteiger partial charge in [0, 0.05) is 31.3 Å². The van der Waals surface area contributed by atoms with Crippen LogP contribution in [0.15, 0.2) is 48.5 Å². The number of benzene rings is 2. The largest absolute Gasteiger partial charge is 0.497 e. The van der Waals surface area contributed by atoms with Crippen LogP contribution in [0.25, 0.3) is 6.08 Å². The highest BCUT2D eigenvalue weighted by atomic mass is 16.6. The van der Waals surface area contributed by atoms with Crippen LogP contribution in [0.1, 0.15) is 24.1 Å². The van der Waals surface area contributed by atoms with Crippen LogP contribution in [-0.2, 0) is 4.79 Å². The average molecular weight is 370 g/mol. The Morgan fingerprint density at radius 1 is 1.15 bits per heavy atom. The van der Waals surface area contributed by atoms with E-state index < -0.39 is 4.92 Å². The molecule has 0 radical (unpaired) electrons. The van der Waals surface area contributed by atoms with Crippen molar-refractivity contribution < 1.29 is 19.2 Å². The maximum atomic E-state index is 12.5. The Bertz CT molecular complexity index is 841. The number of carbonyl (C=O) groups is 1.